The Morgan fingerprint density at radius 3 is 2.71 bits per heavy atom. The Balaban J connectivity index is 1.65. The summed E-state index contributed by atoms with van der Waals surface area (Å²) in [5.74, 6) is 0.804. The van der Waals surface area contributed by atoms with Crippen LogP contribution in [0.5, 0.6) is 5.75 Å². The van der Waals surface area contributed by atoms with Crippen molar-refractivity contribution in [3.05, 3.63) is 66.1 Å². The molecule has 5 heteroatoms. The molecule has 2 aromatic heterocycles. The third-order valence-electron chi connectivity index (χ3n) is 3.10. The molecule has 2 N–H and O–H groups in total. The van der Waals surface area contributed by atoms with Crippen LogP contribution in [0, 0.1) is 0 Å². The van der Waals surface area contributed by atoms with E-state index in [1.54, 1.807) is 0 Å². The van der Waals surface area contributed by atoms with Gasteiger partial charge in [0.25, 0.3) is 0 Å². The summed E-state index contributed by atoms with van der Waals surface area (Å²) >= 11 is 4.89. The Kier molecular flexibility index (Phi) is 3.83. The first-order valence-corrected chi connectivity index (χ1v) is 7.04. The summed E-state index contributed by atoms with van der Waals surface area (Å²) in [5.41, 5.74) is 8.43. The molecule has 106 valence electrons. The zero-order valence-electron chi connectivity index (χ0n) is 11.4. The molecule has 0 fully saturated rings. The van der Waals surface area contributed by atoms with Crippen LogP contribution >= 0.6 is 12.2 Å². The summed E-state index contributed by atoms with van der Waals surface area (Å²) in [6.45, 7) is 0.441. The van der Waals surface area contributed by atoms with Crippen LogP contribution in [0.4, 0.5) is 0 Å². The van der Waals surface area contributed by atoms with Gasteiger partial charge in [-0.1, -0.05) is 30.4 Å². The molecule has 0 aliphatic rings. The topological polar surface area (TPSA) is 52.5 Å². The Bertz CT molecular complexity index is 732. The van der Waals surface area contributed by atoms with E-state index >= 15 is 0 Å². The van der Waals surface area contributed by atoms with Crippen molar-refractivity contribution >= 4 is 22.9 Å². The maximum absolute atomic E-state index is 5.74. The highest BCUT2D eigenvalue weighted by Crippen LogP contribution is 2.15. The molecule has 0 saturated heterocycles. The molecule has 0 unspecified atom stereocenters. The first-order chi connectivity index (χ1) is 10.2. The van der Waals surface area contributed by atoms with Crippen molar-refractivity contribution in [2.24, 2.45) is 5.73 Å². The molecule has 2 heterocycles. The second-order valence-electron chi connectivity index (χ2n) is 4.77. The van der Waals surface area contributed by atoms with E-state index in [9.17, 15) is 0 Å². The molecular weight excluding hydrogens is 282 g/mol. The molecule has 0 aliphatic heterocycles. The fourth-order valence-electron chi connectivity index (χ4n) is 2.12. The predicted octanol–water partition coefficient (Wildman–Crippen LogP) is 2.74. The van der Waals surface area contributed by atoms with Crippen LogP contribution in [-0.4, -0.2) is 14.4 Å². The monoisotopic (exact) mass is 297 g/mol. The fraction of sp³-hybridized carbons (Fsp3) is 0.125. The minimum Gasteiger partial charge on any atom is -0.487 e. The SMILES string of the molecule is NC(=S)Cc1ccc(OCc2cn3ccccc3n2)cc1. The third-order valence-corrected chi connectivity index (χ3v) is 3.25. The van der Waals surface area contributed by atoms with Crippen LogP contribution in [0.2, 0.25) is 0 Å². The lowest BCUT2D eigenvalue weighted by Gasteiger charge is -2.05. The lowest BCUT2D eigenvalue weighted by atomic mass is 10.1. The molecule has 0 atom stereocenters. The average Bonchev–Trinajstić information content (AvgIpc) is 2.89. The maximum atomic E-state index is 5.74. The van der Waals surface area contributed by atoms with Gasteiger partial charge in [-0.25, -0.2) is 4.98 Å². The zero-order chi connectivity index (χ0) is 14.7. The van der Waals surface area contributed by atoms with Gasteiger partial charge in [-0.3, -0.25) is 0 Å². The highest BCUT2D eigenvalue weighted by Gasteiger charge is 2.02. The largest absolute Gasteiger partial charge is 0.487 e. The number of thiocarbonyl (C=S) groups is 1. The number of aromatic nitrogens is 2. The lowest BCUT2D eigenvalue weighted by Crippen LogP contribution is -2.10. The van der Waals surface area contributed by atoms with Gasteiger partial charge >= 0.3 is 0 Å². The minimum atomic E-state index is 0.441. The number of pyridine rings is 1. The Morgan fingerprint density at radius 2 is 2.00 bits per heavy atom. The van der Waals surface area contributed by atoms with E-state index in [1.165, 1.54) is 0 Å². The molecule has 0 saturated carbocycles. The van der Waals surface area contributed by atoms with Crippen molar-refractivity contribution in [3.63, 3.8) is 0 Å². The number of nitrogens with zero attached hydrogens (tertiary/aromatic N) is 2. The molecule has 3 rings (SSSR count). The number of hydrogen-bond acceptors (Lipinski definition) is 3. The summed E-state index contributed by atoms with van der Waals surface area (Å²) in [6, 6.07) is 13.7. The van der Waals surface area contributed by atoms with Crippen LogP contribution in [-0.2, 0) is 13.0 Å². The van der Waals surface area contributed by atoms with E-state index in [4.69, 9.17) is 22.7 Å². The number of ether oxygens (including phenoxy) is 1. The molecule has 0 aliphatic carbocycles. The smallest absolute Gasteiger partial charge is 0.137 e. The van der Waals surface area contributed by atoms with E-state index in [-0.39, 0.29) is 0 Å². The number of benzene rings is 1. The van der Waals surface area contributed by atoms with Crippen LogP contribution in [0.25, 0.3) is 5.65 Å². The summed E-state index contributed by atoms with van der Waals surface area (Å²) < 4.78 is 7.72. The van der Waals surface area contributed by atoms with E-state index < -0.39 is 0 Å². The van der Waals surface area contributed by atoms with E-state index in [0.29, 0.717) is 18.0 Å². The first kappa shape index (κ1) is 13.6. The predicted molar refractivity (Wildman–Crippen MR) is 86.5 cm³/mol. The van der Waals surface area contributed by atoms with Gasteiger partial charge in [0.05, 0.1) is 10.7 Å². The minimum absolute atomic E-state index is 0.441. The second kappa shape index (κ2) is 5.93. The van der Waals surface area contributed by atoms with Crippen molar-refractivity contribution in [1.82, 2.24) is 9.38 Å². The fourth-order valence-corrected chi connectivity index (χ4v) is 2.29. The Morgan fingerprint density at radius 1 is 1.19 bits per heavy atom. The maximum Gasteiger partial charge on any atom is 0.137 e. The van der Waals surface area contributed by atoms with Gasteiger partial charge in [0.2, 0.25) is 0 Å². The van der Waals surface area contributed by atoms with Crippen molar-refractivity contribution < 1.29 is 4.74 Å². The standard InChI is InChI=1S/C16H15N3OS/c17-15(21)9-12-4-6-14(7-5-12)20-11-13-10-19-8-2-1-3-16(19)18-13/h1-8,10H,9,11H2,(H2,17,21). The van der Waals surface area contributed by atoms with Gasteiger partial charge in [-0.15, -0.1) is 0 Å². The van der Waals surface area contributed by atoms with E-state index in [1.807, 2.05) is 59.3 Å². The van der Waals surface area contributed by atoms with Crippen LogP contribution < -0.4 is 10.5 Å². The first-order valence-electron chi connectivity index (χ1n) is 6.63. The van der Waals surface area contributed by atoms with Crippen molar-refractivity contribution in [2.75, 3.05) is 0 Å². The average molecular weight is 297 g/mol. The molecule has 0 bridgehead atoms. The van der Waals surface area contributed by atoms with Crippen molar-refractivity contribution in [3.8, 4) is 5.75 Å². The van der Waals surface area contributed by atoms with Gasteiger partial charge in [0.1, 0.15) is 18.0 Å². The van der Waals surface area contributed by atoms with Crippen molar-refractivity contribution in [1.29, 1.82) is 0 Å². The zero-order valence-corrected chi connectivity index (χ0v) is 12.2. The molecule has 0 radical (unpaired) electrons. The Labute approximate surface area is 128 Å². The number of imidazole rings is 1. The number of hydrogen-bond donors (Lipinski definition) is 1. The summed E-state index contributed by atoms with van der Waals surface area (Å²) in [5, 5.41) is 0. The van der Waals surface area contributed by atoms with Gasteiger partial charge in [0.15, 0.2) is 0 Å². The molecule has 0 amide bonds. The van der Waals surface area contributed by atoms with Crippen LogP contribution in [0.3, 0.4) is 0 Å². The molecule has 3 aromatic rings. The highest BCUT2D eigenvalue weighted by atomic mass is 32.1. The third kappa shape index (κ3) is 3.38. The molecule has 4 nitrogen and oxygen atoms in total. The van der Waals surface area contributed by atoms with Crippen molar-refractivity contribution in [2.45, 2.75) is 13.0 Å². The molecule has 0 spiro atoms. The van der Waals surface area contributed by atoms with Gasteiger partial charge in [-0.05, 0) is 29.8 Å². The molecular formula is C16H15N3OS. The Hall–Kier alpha value is -2.40. The number of nitrogens with two attached hydrogens (primary N) is 1. The second-order valence-corrected chi connectivity index (χ2v) is 5.30. The molecule has 1 aromatic carbocycles. The van der Waals surface area contributed by atoms with Gasteiger partial charge in [-0.2, -0.15) is 0 Å². The summed E-state index contributed by atoms with van der Waals surface area (Å²) in [4.78, 5) is 4.98. The lowest BCUT2D eigenvalue weighted by molar-refractivity contribution is 0.302. The molecule has 21 heavy (non-hydrogen) atoms. The van der Waals surface area contributed by atoms with Gasteiger partial charge in [0, 0.05) is 18.8 Å². The van der Waals surface area contributed by atoms with E-state index in [2.05, 4.69) is 4.98 Å². The summed E-state index contributed by atoms with van der Waals surface area (Å²) in [7, 11) is 0. The summed E-state index contributed by atoms with van der Waals surface area (Å²) in [6.07, 6.45) is 4.55. The normalized spacial score (nSPS) is 10.7. The quantitative estimate of drug-likeness (QED) is 0.736. The van der Waals surface area contributed by atoms with E-state index in [0.717, 1.165) is 22.7 Å². The highest BCUT2D eigenvalue weighted by molar-refractivity contribution is 7.80. The number of fused-ring (bicyclic) bond motifs is 1. The number of rotatable bonds is 5. The van der Waals surface area contributed by atoms with Crippen LogP contribution in [0.15, 0.2) is 54.9 Å². The van der Waals surface area contributed by atoms with Gasteiger partial charge < -0.3 is 14.9 Å². The van der Waals surface area contributed by atoms with Crippen LogP contribution in [0.1, 0.15) is 11.3 Å².